The maximum Gasteiger partial charge on any atom is 0.259 e. The number of amides is 1. The molecule has 0 radical (unpaired) electrons. The number of anilines is 1. The van der Waals surface area contributed by atoms with Crippen molar-refractivity contribution in [2.45, 2.75) is 12.8 Å². The first-order valence-electron chi connectivity index (χ1n) is 8.59. The number of halogens is 1. The molecule has 0 fully saturated rings. The summed E-state index contributed by atoms with van der Waals surface area (Å²) in [6.07, 6.45) is 0.318. The van der Waals surface area contributed by atoms with E-state index in [-0.39, 0.29) is 41.8 Å². The topological polar surface area (TPSA) is 101 Å². The molecular formula is C20H15FN4O3. The van der Waals surface area contributed by atoms with E-state index in [4.69, 9.17) is 4.52 Å². The molecule has 0 atom stereocenters. The lowest BCUT2D eigenvalue weighted by Crippen LogP contribution is -2.12. The lowest BCUT2D eigenvalue weighted by Gasteiger charge is -2.03. The van der Waals surface area contributed by atoms with E-state index in [0.717, 1.165) is 10.9 Å². The molecule has 0 aliphatic rings. The van der Waals surface area contributed by atoms with Crippen molar-refractivity contribution in [1.82, 2.24) is 15.1 Å². The van der Waals surface area contributed by atoms with Crippen LogP contribution in [0, 0.1) is 5.82 Å². The summed E-state index contributed by atoms with van der Waals surface area (Å²) in [5, 5.41) is 7.35. The zero-order chi connectivity index (χ0) is 19.5. The molecule has 0 aliphatic carbocycles. The lowest BCUT2D eigenvalue weighted by atomic mass is 10.1. The summed E-state index contributed by atoms with van der Waals surface area (Å²) in [6.45, 7) is 0. The molecule has 0 saturated carbocycles. The number of benzene rings is 2. The number of carbonyl (C=O) groups is 1. The molecule has 2 N–H and O–H groups in total. The summed E-state index contributed by atoms with van der Waals surface area (Å²) in [7, 11) is 0. The van der Waals surface area contributed by atoms with Crippen LogP contribution in [0.15, 0.2) is 63.9 Å². The third-order valence-corrected chi connectivity index (χ3v) is 4.16. The van der Waals surface area contributed by atoms with Gasteiger partial charge in [-0.2, -0.15) is 4.98 Å². The fourth-order valence-corrected chi connectivity index (χ4v) is 2.76. The molecule has 0 bridgehead atoms. The van der Waals surface area contributed by atoms with Crippen LogP contribution in [0.4, 0.5) is 10.1 Å². The van der Waals surface area contributed by atoms with Crippen LogP contribution in [0.25, 0.3) is 22.3 Å². The number of fused-ring (bicyclic) bond motifs is 1. The van der Waals surface area contributed by atoms with Crippen molar-refractivity contribution in [1.29, 1.82) is 0 Å². The number of aromatic nitrogens is 3. The van der Waals surface area contributed by atoms with E-state index in [1.165, 1.54) is 24.3 Å². The Hall–Kier alpha value is -3.81. The molecule has 2 heterocycles. The highest BCUT2D eigenvalue weighted by Crippen LogP contribution is 2.17. The summed E-state index contributed by atoms with van der Waals surface area (Å²) < 4.78 is 18.0. The van der Waals surface area contributed by atoms with Gasteiger partial charge in [-0.1, -0.05) is 23.4 Å². The zero-order valence-corrected chi connectivity index (χ0v) is 14.6. The fourth-order valence-electron chi connectivity index (χ4n) is 2.76. The second-order valence-electron chi connectivity index (χ2n) is 6.17. The molecule has 4 rings (SSSR count). The number of rotatable bonds is 5. The third kappa shape index (κ3) is 3.80. The normalized spacial score (nSPS) is 10.9. The van der Waals surface area contributed by atoms with Crippen LogP contribution in [0.1, 0.15) is 12.3 Å². The van der Waals surface area contributed by atoms with Crippen LogP contribution in [0.2, 0.25) is 0 Å². The van der Waals surface area contributed by atoms with Crippen LogP contribution >= 0.6 is 0 Å². The van der Waals surface area contributed by atoms with Gasteiger partial charge in [0.1, 0.15) is 5.82 Å². The van der Waals surface area contributed by atoms with Crippen LogP contribution in [0.3, 0.4) is 0 Å². The van der Waals surface area contributed by atoms with E-state index in [1.807, 2.05) is 24.3 Å². The van der Waals surface area contributed by atoms with Gasteiger partial charge in [-0.25, -0.2) is 4.39 Å². The molecule has 2 aromatic heterocycles. The number of nitrogens with zero attached hydrogens (tertiary/aromatic N) is 2. The predicted molar refractivity (Wildman–Crippen MR) is 101 cm³/mol. The highest BCUT2D eigenvalue weighted by atomic mass is 19.1. The average molecular weight is 378 g/mol. The highest BCUT2D eigenvalue weighted by molar-refractivity contribution is 5.90. The van der Waals surface area contributed by atoms with Crippen LogP contribution < -0.4 is 10.9 Å². The minimum atomic E-state index is -0.375. The Morgan fingerprint density at radius 1 is 1.14 bits per heavy atom. The number of H-pyrrole nitrogens is 1. The third-order valence-electron chi connectivity index (χ3n) is 4.16. The van der Waals surface area contributed by atoms with E-state index in [9.17, 15) is 14.0 Å². The summed E-state index contributed by atoms with van der Waals surface area (Å²) in [6, 6.07) is 14.6. The second-order valence-corrected chi connectivity index (χ2v) is 6.17. The molecule has 8 heteroatoms. The second kappa shape index (κ2) is 7.43. The van der Waals surface area contributed by atoms with Gasteiger partial charge in [0, 0.05) is 24.0 Å². The molecule has 7 nitrogen and oxygen atoms in total. The highest BCUT2D eigenvalue weighted by Gasteiger charge is 2.14. The van der Waals surface area contributed by atoms with E-state index in [1.54, 1.807) is 6.07 Å². The Morgan fingerprint density at radius 3 is 2.75 bits per heavy atom. The average Bonchev–Trinajstić information content (AvgIpc) is 3.16. The zero-order valence-electron chi connectivity index (χ0n) is 14.6. The van der Waals surface area contributed by atoms with Gasteiger partial charge in [0.25, 0.3) is 5.56 Å². The van der Waals surface area contributed by atoms with Crippen LogP contribution in [-0.4, -0.2) is 21.0 Å². The van der Waals surface area contributed by atoms with Crippen LogP contribution in [0.5, 0.6) is 0 Å². The molecule has 1 amide bonds. The predicted octanol–water partition coefficient (Wildman–Crippen LogP) is 3.29. The van der Waals surface area contributed by atoms with Crippen molar-refractivity contribution in [3.05, 3.63) is 76.7 Å². The first-order chi connectivity index (χ1) is 13.6. The Bertz CT molecular complexity index is 1200. The Morgan fingerprint density at radius 2 is 1.93 bits per heavy atom. The number of aromatic amines is 1. The summed E-state index contributed by atoms with van der Waals surface area (Å²) in [5.41, 5.74) is 1.20. The Labute approximate surface area is 158 Å². The smallest absolute Gasteiger partial charge is 0.259 e. The molecule has 0 spiro atoms. The van der Waals surface area contributed by atoms with Crippen molar-refractivity contribution in [3.63, 3.8) is 0 Å². The van der Waals surface area contributed by atoms with E-state index >= 15 is 0 Å². The van der Waals surface area contributed by atoms with Crippen molar-refractivity contribution in [3.8, 4) is 11.4 Å². The number of hydrogen-bond donors (Lipinski definition) is 2. The maximum absolute atomic E-state index is 12.9. The van der Waals surface area contributed by atoms with Crippen molar-refractivity contribution in [2.24, 2.45) is 0 Å². The number of pyridine rings is 1. The Balaban J connectivity index is 1.44. The van der Waals surface area contributed by atoms with Gasteiger partial charge < -0.3 is 14.8 Å². The monoisotopic (exact) mass is 378 g/mol. The molecule has 4 aromatic rings. The number of aryl methyl sites for hydroxylation is 1. The van der Waals surface area contributed by atoms with Crippen molar-refractivity contribution in [2.75, 3.05) is 5.32 Å². The van der Waals surface area contributed by atoms with Gasteiger partial charge in [-0.3, -0.25) is 9.59 Å². The molecule has 0 saturated heterocycles. The minimum absolute atomic E-state index is 0.104. The minimum Gasteiger partial charge on any atom is -0.339 e. The summed E-state index contributed by atoms with van der Waals surface area (Å²) in [5.74, 6) is -0.229. The fraction of sp³-hybridized carbons (Fsp3) is 0.100. The van der Waals surface area contributed by atoms with E-state index in [2.05, 4.69) is 20.4 Å². The molecule has 0 unspecified atom stereocenters. The molecule has 28 heavy (non-hydrogen) atoms. The van der Waals surface area contributed by atoms with Crippen molar-refractivity contribution < 1.29 is 13.7 Å². The number of hydrogen-bond acceptors (Lipinski definition) is 5. The van der Waals surface area contributed by atoms with Gasteiger partial charge in [0.15, 0.2) is 0 Å². The number of nitrogens with one attached hydrogen (secondary N) is 2. The lowest BCUT2D eigenvalue weighted by molar-refractivity contribution is -0.116. The van der Waals surface area contributed by atoms with E-state index < -0.39 is 0 Å². The number of carbonyl (C=O) groups excluding carboxylic acids is 1. The SMILES string of the molecule is O=C(CCc1nc(-c2cc3ccccc3[nH]c2=O)no1)Nc1ccc(F)cc1. The molecular weight excluding hydrogens is 363 g/mol. The van der Waals surface area contributed by atoms with Crippen molar-refractivity contribution >= 4 is 22.5 Å². The standard InChI is InChI=1S/C20H15FN4O3/c21-13-5-7-14(8-6-13)22-17(26)9-10-18-24-19(25-28-18)15-11-12-3-1-2-4-16(12)23-20(15)27/h1-8,11H,9-10H2,(H,22,26)(H,23,27). The van der Waals surface area contributed by atoms with Crippen LogP contribution in [-0.2, 0) is 11.2 Å². The summed E-state index contributed by atoms with van der Waals surface area (Å²) in [4.78, 5) is 31.3. The first kappa shape index (κ1) is 17.6. The largest absolute Gasteiger partial charge is 0.339 e. The molecule has 0 aliphatic heterocycles. The van der Waals surface area contributed by atoms with Gasteiger partial charge >= 0.3 is 0 Å². The molecule has 2 aromatic carbocycles. The van der Waals surface area contributed by atoms with E-state index in [0.29, 0.717) is 11.3 Å². The maximum atomic E-state index is 12.9. The quantitative estimate of drug-likeness (QED) is 0.555. The Kier molecular flexibility index (Phi) is 4.67. The van der Waals surface area contributed by atoms with Gasteiger partial charge in [0.05, 0.1) is 5.56 Å². The number of para-hydroxylation sites is 1. The van der Waals surface area contributed by atoms with Gasteiger partial charge in [0.2, 0.25) is 17.6 Å². The van der Waals surface area contributed by atoms with Gasteiger partial charge in [-0.05, 0) is 41.8 Å². The van der Waals surface area contributed by atoms with Gasteiger partial charge in [-0.15, -0.1) is 0 Å². The molecule has 140 valence electrons. The summed E-state index contributed by atoms with van der Waals surface area (Å²) >= 11 is 0. The first-order valence-corrected chi connectivity index (χ1v) is 8.59.